The average Bonchev–Trinajstić information content (AvgIpc) is 3.10. The number of carboxylic acids is 1. The highest BCUT2D eigenvalue weighted by atomic mass is 32.2. The zero-order valence-electron chi connectivity index (χ0n) is 16.0. The number of carbonyl (C=O) groups is 3. The first-order chi connectivity index (χ1) is 13.8. The van der Waals surface area contributed by atoms with Gasteiger partial charge in [-0.15, -0.1) is 22.0 Å². The number of hydrogen-bond acceptors (Lipinski definition) is 8. The van der Waals surface area contributed by atoms with Crippen molar-refractivity contribution in [1.29, 1.82) is 0 Å². The van der Waals surface area contributed by atoms with Crippen molar-refractivity contribution in [3.05, 3.63) is 35.9 Å². The first kappa shape index (κ1) is 22.9. The highest BCUT2D eigenvalue weighted by Gasteiger charge is 2.17. The molecule has 0 bridgehead atoms. The van der Waals surface area contributed by atoms with Gasteiger partial charge in [-0.2, -0.15) is 0 Å². The molecule has 1 aromatic heterocycles. The van der Waals surface area contributed by atoms with Crippen LogP contribution in [0.4, 0.5) is 10.8 Å². The van der Waals surface area contributed by atoms with Gasteiger partial charge in [-0.05, 0) is 43.9 Å². The lowest BCUT2D eigenvalue weighted by Crippen LogP contribution is -2.22. The van der Waals surface area contributed by atoms with E-state index in [0.29, 0.717) is 10.8 Å². The molecule has 154 valence electrons. The Morgan fingerprint density at radius 3 is 2.52 bits per heavy atom. The summed E-state index contributed by atoms with van der Waals surface area (Å²) in [7, 11) is 0. The molecule has 11 heteroatoms. The Morgan fingerprint density at radius 1 is 1.21 bits per heavy atom. The van der Waals surface area contributed by atoms with Gasteiger partial charge in [-0.25, -0.2) is 4.79 Å². The van der Waals surface area contributed by atoms with Crippen LogP contribution in [0.5, 0.6) is 0 Å². The summed E-state index contributed by atoms with van der Waals surface area (Å²) in [5.41, 5.74) is 0.478. The molecule has 0 aliphatic carbocycles. The quantitative estimate of drug-likeness (QED) is 0.299. The lowest BCUT2D eigenvalue weighted by atomic mass is 10.2. The van der Waals surface area contributed by atoms with Gasteiger partial charge in [-0.1, -0.05) is 30.0 Å². The van der Waals surface area contributed by atoms with E-state index in [1.807, 2.05) is 6.92 Å². The van der Waals surface area contributed by atoms with Crippen LogP contribution >= 0.6 is 34.9 Å². The number of carboxylic acid groups (broad SMARTS) is 1. The lowest BCUT2D eigenvalue weighted by molar-refractivity contribution is -0.132. The van der Waals surface area contributed by atoms with E-state index in [-0.39, 0.29) is 16.7 Å². The van der Waals surface area contributed by atoms with Crippen LogP contribution in [-0.2, 0) is 14.4 Å². The number of benzene rings is 1. The number of thioether (sulfide) groups is 2. The van der Waals surface area contributed by atoms with E-state index in [1.54, 1.807) is 43.0 Å². The largest absolute Gasteiger partial charge is 0.478 e. The van der Waals surface area contributed by atoms with E-state index in [0.717, 1.165) is 21.1 Å². The first-order valence-corrected chi connectivity index (χ1v) is 11.2. The Balaban J connectivity index is 1.89. The Morgan fingerprint density at radius 2 is 1.90 bits per heavy atom. The number of carbonyl (C=O) groups excluding carboxylic acids is 2. The second-order valence-electron chi connectivity index (χ2n) is 5.70. The topological polar surface area (TPSA) is 121 Å². The first-order valence-electron chi connectivity index (χ1n) is 8.55. The number of nitrogens with zero attached hydrogens (tertiary/aromatic N) is 2. The molecule has 2 rings (SSSR count). The van der Waals surface area contributed by atoms with Crippen LogP contribution in [0.3, 0.4) is 0 Å². The van der Waals surface area contributed by atoms with Crippen molar-refractivity contribution in [2.75, 3.05) is 16.4 Å². The maximum absolute atomic E-state index is 12.3. The molecule has 2 aromatic rings. The summed E-state index contributed by atoms with van der Waals surface area (Å²) < 4.78 is 0.814. The predicted molar refractivity (Wildman–Crippen MR) is 117 cm³/mol. The second-order valence-corrected chi connectivity index (χ2v) is 9.60. The summed E-state index contributed by atoms with van der Waals surface area (Å²) in [6.07, 6.45) is 1.02. The van der Waals surface area contributed by atoms with Gasteiger partial charge in [0.05, 0.1) is 5.25 Å². The molecule has 0 aliphatic rings. The average molecular weight is 453 g/mol. The minimum atomic E-state index is -1.15. The van der Waals surface area contributed by atoms with Crippen LogP contribution in [0, 0.1) is 0 Å². The van der Waals surface area contributed by atoms with Crippen LogP contribution in [0.1, 0.15) is 20.8 Å². The second kappa shape index (κ2) is 11.0. The number of anilines is 2. The van der Waals surface area contributed by atoms with Crippen molar-refractivity contribution in [3.8, 4) is 0 Å². The summed E-state index contributed by atoms with van der Waals surface area (Å²) in [5, 5.41) is 22.2. The molecule has 3 N–H and O–H groups in total. The van der Waals surface area contributed by atoms with Crippen LogP contribution in [-0.4, -0.2) is 44.1 Å². The van der Waals surface area contributed by atoms with Gasteiger partial charge in [0.15, 0.2) is 4.34 Å². The van der Waals surface area contributed by atoms with E-state index in [2.05, 4.69) is 20.8 Å². The number of hydrogen-bond donors (Lipinski definition) is 3. The minimum Gasteiger partial charge on any atom is -0.478 e. The fourth-order valence-corrected chi connectivity index (χ4v) is 4.48. The highest BCUT2D eigenvalue weighted by molar-refractivity contribution is 8.01. The molecule has 1 heterocycles. The maximum Gasteiger partial charge on any atom is 0.331 e. The van der Waals surface area contributed by atoms with Crippen LogP contribution in [0.25, 0.3) is 0 Å². The van der Waals surface area contributed by atoms with E-state index in [1.165, 1.54) is 30.0 Å². The van der Waals surface area contributed by atoms with Crippen molar-refractivity contribution < 1.29 is 19.5 Å². The number of aromatic nitrogens is 2. The van der Waals surface area contributed by atoms with Crippen molar-refractivity contribution in [2.45, 2.75) is 35.3 Å². The zero-order chi connectivity index (χ0) is 21.4. The number of aliphatic carboxylic acids is 1. The Bertz CT molecular complexity index is 912. The van der Waals surface area contributed by atoms with Crippen molar-refractivity contribution in [3.63, 3.8) is 0 Å². The van der Waals surface area contributed by atoms with Crippen LogP contribution < -0.4 is 10.6 Å². The summed E-state index contributed by atoms with van der Waals surface area (Å²) >= 11 is 4.28. The molecule has 1 aromatic carbocycles. The van der Waals surface area contributed by atoms with E-state index < -0.39 is 11.9 Å². The monoisotopic (exact) mass is 452 g/mol. The SMILES string of the molecule is CCSc1nnc(NC(=O)[C@@H](C)Sc2ccc(NC(=O)/C=C(\C)C(=O)O)cc2)s1. The van der Waals surface area contributed by atoms with E-state index in [9.17, 15) is 14.4 Å². The molecule has 0 unspecified atom stereocenters. The molecule has 0 saturated carbocycles. The third-order valence-corrected chi connectivity index (χ3v) is 6.36. The molecule has 2 amide bonds. The van der Waals surface area contributed by atoms with E-state index >= 15 is 0 Å². The summed E-state index contributed by atoms with van der Waals surface area (Å²) in [6.45, 7) is 5.16. The third kappa shape index (κ3) is 7.52. The number of amides is 2. The summed E-state index contributed by atoms with van der Waals surface area (Å²) in [4.78, 5) is 35.7. The van der Waals surface area contributed by atoms with Gasteiger partial charge in [0, 0.05) is 22.2 Å². The Labute approximate surface area is 180 Å². The molecule has 8 nitrogen and oxygen atoms in total. The molecule has 0 saturated heterocycles. The van der Waals surface area contributed by atoms with Gasteiger partial charge in [0.25, 0.3) is 0 Å². The lowest BCUT2D eigenvalue weighted by Gasteiger charge is -2.11. The molecular weight excluding hydrogens is 432 g/mol. The standard InChI is InChI=1S/C18H20N4O4S3/c1-4-27-18-22-21-17(29-18)20-15(24)11(3)28-13-7-5-12(6-8-13)19-14(23)9-10(2)16(25)26/h5-9,11H,4H2,1-3H3,(H,19,23)(H,25,26)(H,20,21,24)/b10-9+/t11-/m1/s1. The van der Waals surface area contributed by atoms with Gasteiger partial charge in [0.1, 0.15) is 0 Å². The van der Waals surface area contributed by atoms with Crippen molar-refractivity contribution in [2.24, 2.45) is 0 Å². The maximum atomic E-state index is 12.3. The normalized spacial score (nSPS) is 12.3. The summed E-state index contributed by atoms with van der Waals surface area (Å²) in [5.74, 6) is -0.949. The Kier molecular flexibility index (Phi) is 8.68. The highest BCUT2D eigenvalue weighted by Crippen LogP contribution is 2.28. The molecule has 29 heavy (non-hydrogen) atoms. The fourth-order valence-electron chi connectivity index (χ4n) is 1.96. The fraction of sp³-hybridized carbons (Fsp3) is 0.278. The molecule has 0 spiro atoms. The molecule has 0 fully saturated rings. The zero-order valence-corrected chi connectivity index (χ0v) is 18.4. The molecule has 1 atom stereocenters. The minimum absolute atomic E-state index is 0.0506. The summed E-state index contributed by atoms with van der Waals surface area (Å²) in [6, 6.07) is 6.93. The number of nitrogens with one attached hydrogen (secondary N) is 2. The molecular formula is C18H20N4O4S3. The van der Waals surface area contributed by atoms with Crippen LogP contribution in [0.15, 0.2) is 45.1 Å². The van der Waals surface area contributed by atoms with Crippen molar-refractivity contribution >= 4 is 63.5 Å². The van der Waals surface area contributed by atoms with E-state index in [4.69, 9.17) is 5.11 Å². The Hall–Kier alpha value is -2.37. The van der Waals surface area contributed by atoms with Gasteiger partial charge in [0.2, 0.25) is 16.9 Å². The van der Waals surface area contributed by atoms with Gasteiger partial charge in [-0.3, -0.25) is 14.9 Å². The number of rotatable bonds is 9. The van der Waals surface area contributed by atoms with Gasteiger partial charge >= 0.3 is 5.97 Å². The van der Waals surface area contributed by atoms with Crippen LogP contribution in [0.2, 0.25) is 0 Å². The third-order valence-electron chi connectivity index (χ3n) is 3.39. The smallest absolute Gasteiger partial charge is 0.331 e. The molecule has 0 radical (unpaired) electrons. The van der Waals surface area contributed by atoms with Crippen molar-refractivity contribution in [1.82, 2.24) is 10.2 Å². The van der Waals surface area contributed by atoms with Gasteiger partial charge < -0.3 is 10.4 Å². The molecule has 0 aliphatic heterocycles. The predicted octanol–water partition coefficient (Wildman–Crippen LogP) is 3.74.